The van der Waals surface area contributed by atoms with Crippen molar-refractivity contribution in [3.8, 4) is 0 Å². The number of halogens is 3. The number of rotatable bonds is 6. The Bertz CT molecular complexity index is 1460. The fourth-order valence-corrected chi connectivity index (χ4v) is 7.77. The maximum atomic E-state index is 12.8. The summed E-state index contributed by atoms with van der Waals surface area (Å²) in [6.45, 7) is 0. The van der Waals surface area contributed by atoms with Gasteiger partial charge in [0.25, 0.3) is 0 Å². The molecule has 0 aromatic heterocycles. The molecule has 38 heavy (non-hydrogen) atoms. The first-order valence-electron chi connectivity index (χ1n) is 12.1. The average molecular weight is 525 g/mol. The summed E-state index contributed by atoms with van der Waals surface area (Å²) in [4.78, 5) is 4.33. The van der Waals surface area contributed by atoms with Gasteiger partial charge >= 0.3 is 6.18 Å². The van der Waals surface area contributed by atoms with E-state index in [2.05, 4.69) is 41.4 Å². The van der Waals surface area contributed by atoms with Gasteiger partial charge in [-0.25, -0.2) is 0 Å². The molecule has 0 spiro atoms. The van der Waals surface area contributed by atoms with Crippen molar-refractivity contribution >= 4 is 40.6 Å². The highest BCUT2D eigenvalue weighted by molar-refractivity contribution is 7.87. The first kappa shape index (κ1) is 25.4. The Morgan fingerprint density at radius 2 is 0.921 bits per heavy atom. The number of alkyl halides is 3. The zero-order valence-corrected chi connectivity index (χ0v) is 21.2. The number of aliphatic imine (C=N–C) groups is 1. The molecule has 0 heterocycles. The SMILES string of the molecule is FC(F)(F)c1ccc(N=Cc2ccc(N=P(c3ccccc3)(c3ccccc3)c3ccccc3)cc2)cc1. The smallest absolute Gasteiger partial charge is 0.256 e. The molecule has 5 rings (SSSR count). The van der Waals surface area contributed by atoms with Crippen LogP contribution in [0.15, 0.2) is 149 Å². The van der Waals surface area contributed by atoms with Crippen LogP contribution in [0.4, 0.5) is 24.5 Å². The van der Waals surface area contributed by atoms with Crippen LogP contribution in [-0.2, 0) is 6.18 Å². The first-order valence-corrected chi connectivity index (χ1v) is 13.8. The molecule has 0 atom stereocenters. The van der Waals surface area contributed by atoms with Crippen molar-refractivity contribution in [3.05, 3.63) is 151 Å². The minimum atomic E-state index is -4.36. The molecule has 0 fully saturated rings. The van der Waals surface area contributed by atoms with E-state index in [0.717, 1.165) is 39.3 Å². The summed E-state index contributed by atoms with van der Waals surface area (Å²) in [7, 11) is -2.37. The molecule has 0 saturated carbocycles. The van der Waals surface area contributed by atoms with Gasteiger partial charge in [-0.1, -0.05) is 103 Å². The Kier molecular flexibility index (Phi) is 7.39. The lowest BCUT2D eigenvalue weighted by atomic mass is 10.2. The predicted octanol–water partition coefficient (Wildman–Crippen LogP) is 8.27. The maximum absolute atomic E-state index is 12.8. The molecule has 5 aromatic rings. The molecule has 188 valence electrons. The number of hydrogen-bond acceptors (Lipinski definition) is 2. The van der Waals surface area contributed by atoms with E-state index >= 15 is 0 Å². The van der Waals surface area contributed by atoms with E-state index < -0.39 is 18.8 Å². The lowest BCUT2D eigenvalue weighted by Crippen LogP contribution is -2.25. The van der Waals surface area contributed by atoms with Crippen molar-refractivity contribution in [1.29, 1.82) is 0 Å². The van der Waals surface area contributed by atoms with Gasteiger partial charge in [0.15, 0.2) is 0 Å². The summed E-state index contributed by atoms with van der Waals surface area (Å²) in [5.41, 5.74) is 1.42. The predicted molar refractivity (Wildman–Crippen MR) is 152 cm³/mol. The normalized spacial score (nSPS) is 12.0. The van der Waals surface area contributed by atoms with Crippen LogP contribution < -0.4 is 15.9 Å². The maximum Gasteiger partial charge on any atom is 0.416 e. The van der Waals surface area contributed by atoms with E-state index in [1.807, 2.05) is 78.9 Å². The minimum Gasteiger partial charge on any atom is -0.256 e. The topological polar surface area (TPSA) is 24.7 Å². The van der Waals surface area contributed by atoms with Crippen LogP contribution in [0.3, 0.4) is 0 Å². The zero-order chi connectivity index (χ0) is 26.4. The lowest BCUT2D eigenvalue weighted by molar-refractivity contribution is -0.137. The van der Waals surface area contributed by atoms with Crippen molar-refractivity contribution < 1.29 is 13.2 Å². The molecule has 0 aliphatic heterocycles. The molecular weight excluding hydrogens is 500 g/mol. The van der Waals surface area contributed by atoms with Gasteiger partial charge < -0.3 is 0 Å². The van der Waals surface area contributed by atoms with E-state index in [1.54, 1.807) is 6.21 Å². The van der Waals surface area contributed by atoms with Gasteiger partial charge in [0.2, 0.25) is 0 Å². The van der Waals surface area contributed by atoms with Crippen molar-refractivity contribution in [2.45, 2.75) is 6.18 Å². The molecule has 0 unspecified atom stereocenters. The largest absolute Gasteiger partial charge is 0.416 e. The summed E-state index contributed by atoms with van der Waals surface area (Å²) < 4.78 is 43.9. The van der Waals surface area contributed by atoms with E-state index in [1.165, 1.54) is 12.1 Å². The van der Waals surface area contributed by atoms with Gasteiger partial charge in [-0.2, -0.15) is 13.2 Å². The first-order chi connectivity index (χ1) is 18.4. The lowest BCUT2D eigenvalue weighted by Gasteiger charge is -2.27. The van der Waals surface area contributed by atoms with Gasteiger partial charge in [0.1, 0.15) is 0 Å². The highest BCUT2D eigenvalue weighted by atomic mass is 31.2. The van der Waals surface area contributed by atoms with Gasteiger partial charge in [-0.3, -0.25) is 9.74 Å². The third-order valence-electron chi connectivity index (χ3n) is 6.11. The minimum absolute atomic E-state index is 0.453. The Morgan fingerprint density at radius 1 is 0.500 bits per heavy atom. The second-order valence-electron chi connectivity index (χ2n) is 8.64. The Labute approximate surface area is 220 Å². The van der Waals surface area contributed by atoms with Crippen LogP contribution in [-0.4, -0.2) is 6.21 Å². The summed E-state index contributed by atoms with van der Waals surface area (Å²) >= 11 is 0. The van der Waals surface area contributed by atoms with Crippen molar-refractivity contribution in [1.82, 2.24) is 0 Å². The standard InChI is InChI=1S/C32H24F3N2P/c33-32(34,35)26-18-22-27(23-19-26)36-24-25-16-20-28(21-17-25)37-38(29-10-4-1-5-11-29,30-12-6-2-7-13-30)31-14-8-3-9-15-31/h1-24H. The molecule has 0 bridgehead atoms. The van der Waals surface area contributed by atoms with Gasteiger partial charge in [-0.15, -0.1) is 0 Å². The number of benzene rings is 5. The quantitative estimate of drug-likeness (QED) is 0.158. The molecule has 0 saturated heterocycles. The van der Waals surface area contributed by atoms with Crippen molar-refractivity contribution in [2.75, 3.05) is 0 Å². The number of hydrogen-bond donors (Lipinski definition) is 0. The monoisotopic (exact) mass is 524 g/mol. The molecule has 0 amide bonds. The Balaban J connectivity index is 1.55. The summed E-state index contributed by atoms with van der Waals surface area (Å²) in [5, 5.41) is 3.47. The Morgan fingerprint density at radius 3 is 1.34 bits per heavy atom. The van der Waals surface area contributed by atoms with E-state index in [-0.39, 0.29) is 0 Å². The van der Waals surface area contributed by atoms with E-state index in [0.29, 0.717) is 5.69 Å². The average Bonchev–Trinajstić information content (AvgIpc) is 2.97. The van der Waals surface area contributed by atoms with Crippen LogP contribution in [0.1, 0.15) is 11.1 Å². The van der Waals surface area contributed by atoms with Crippen LogP contribution in [0.2, 0.25) is 0 Å². The molecule has 5 aromatic carbocycles. The molecule has 0 aliphatic rings. The summed E-state index contributed by atoms with van der Waals surface area (Å²) in [6, 6.07) is 43.7. The van der Waals surface area contributed by atoms with Crippen LogP contribution >= 0.6 is 7.05 Å². The fraction of sp³-hybridized carbons (Fsp3) is 0.0312. The highest BCUT2D eigenvalue weighted by Crippen LogP contribution is 2.49. The van der Waals surface area contributed by atoms with Gasteiger partial charge in [-0.05, 0) is 42.0 Å². The summed E-state index contributed by atoms with van der Waals surface area (Å²) in [5.74, 6) is 0. The van der Waals surface area contributed by atoms with Crippen molar-refractivity contribution in [3.63, 3.8) is 0 Å². The zero-order valence-electron chi connectivity index (χ0n) is 20.3. The van der Waals surface area contributed by atoms with Gasteiger partial charge in [0.05, 0.1) is 24.0 Å². The van der Waals surface area contributed by atoms with E-state index in [4.69, 9.17) is 4.74 Å². The van der Waals surface area contributed by atoms with Crippen molar-refractivity contribution in [2.24, 2.45) is 9.74 Å². The fourth-order valence-electron chi connectivity index (χ4n) is 4.24. The molecule has 6 heteroatoms. The van der Waals surface area contributed by atoms with Crippen LogP contribution in [0.25, 0.3) is 0 Å². The van der Waals surface area contributed by atoms with Gasteiger partial charge in [0, 0.05) is 22.1 Å². The third kappa shape index (κ3) is 5.53. The third-order valence-corrected chi connectivity index (χ3v) is 9.77. The molecule has 2 nitrogen and oxygen atoms in total. The highest BCUT2D eigenvalue weighted by Gasteiger charge is 2.30. The molecular formula is C32H24F3N2P. The second kappa shape index (κ2) is 11.0. The van der Waals surface area contributed by atoms with E-state index in [9.17, 15) is 13.2 Å². The van der Waals surface area contributed by atoms with Crippen LogP contribution in [0.5, 0.6) is 0 Å². The Hall–Kier alpha value is -4.21. The molecule has 0 aliphatic carbocycles. The number of nitrogens with zero attached hydrogens (tertiary/aromatic N) is 2. The molecule has 0 radical (unpaired) electrons. The summed E-state index contributed by atoms with van der Waals surface area (Å²) in [6.07, 6.45) is -2.72. The van der Waals surface area contributed by atoms with Crippen LogP contribution in [0, 0.1) is 0 Å². The molecule has 0 N–H and O–H groups in total. The second-order valence-corrected chi connectivity index (χ2v) is 11.7.